The Hall–Kier alpha value is -1.13. The Morgan fingerprint density at radius 1 is 1.59 bits per heavy atom. The predicted octanol–water partition coefficient (Wildman–Crippen LogP) is 0.871. The Kier molecular flexibility index (Phi) is 4.48. The molecule has 0 bridgehead atoms. The third kappa shape index (κ3) is 3.41. The summed E-state index contributed by atoms with van der Waals surface area (Å²) in [6.07, 6.45) is 0. The lowest BCUT2D eigenvalue weighted by Gasteiger charge is -2.12. The second-order valence-corrected chi connectivity index (χ2v) is 5.58. The normalized spacial score (nSPS) is 13.1. The predicted molar refractivity (Wildman–Crippen MR) is 63.0 cm³/mol. The fourth-order valence-corrected chi connectivity index (χ4v) is 2.83. The first-order valence-corrected chi connectivity index (χ1v) is 6.59. The molecule has 92 valence electrons. The van der Waals surface area contributed by atoms with Gasteiger partial charge in [0.1, 0.15) is 11.0 Å². The standard InChI is InChI=1S/C10H11ClN2O3S/c1-7(6-14)13-17(15,16)10-4-9(11)3-2-8(10)5-12/h2-4,7,13-14H,6H2,1H3/t7-/m0/s1. The van der Waals surface area contributed by atoms with E-state index in [1.54, 1.807) is 6.07 Å². The molecule has 0 amide bonds. The van der Waals surface area contributed by atoms with E-state index in [1.165, 1.54) is 25.1 Å². The summed E-state index contributed by atoms with van der Waals surface area (Å²) < 4.78 is 26.0. The van der Waals surface area contributed by atoms with Crippen molar-refractivity contribution in [1.82, 2.24) is 4.72 Å². The van der Waals surface area contributed by atoms with Gasteiger partial charge in [-0.05, 0) is 25.1 Å². The summed E-state index contributed by atoms with van der Waals surface area (Å²) in [7, 11) is -3.85. The van der Waals surface area contributed by atoms with Crippen LogP contribution in [0.2, 0.25) is 5.02 Å². The SMILES string of the molecule is C[C@@H](CO)NS(=O)(=O)c1cc(Cl)ccc1C#N. The third-order valence-electron chi connectivity index (χ3n) is 1.98. The Morgan fingerprint density at radius 2 is 2.24 bits per heavy atom. The smallest absolute Gasteiger partial charge is 0.242 e. The number of nitriles is 1. The maximum atomic E-state index is 11.9. The second-order valence-electron chi connectivity index (χ2n) is 3.46. The summed E-state index contributed by atoms with van der Waals surface area (Å²) in [6.45, 7) is 1.18. The van der Waals surface area contributed by atoms with Gasteiger partial charge < -0.3 is 5.11 Å². The molecule has 0 aliphatic rings. The highest BCUT2D eigenvalue weighted by molar-refractivity contribution is 7.89. The van der Waals surface area contributed by atoms with E-state index in [2.05, 4.69) is 4.72 Å². The van der Waals surface area contributed by atoms with Crippen molar-refractivity contribution in [2.75, 3.05) is 6.61 Å². The molecular formula is C10H11ClN2O3S. The molecule has 0 saturated carbocycles. The first-order valence-electron chi connectivity index (χ1n) is 4.73. The fourth-order valence-electron chi connectivity index (χ4n) is 1.18. The monoisotopic (exact) mass is 274 g/mol. The van der Waals surface area contributed by atoms with Gasteiger partial charge in [-0.25, -0.2) is 13.1 Å². The molecule has 5 nitrogen and oxygen atoms in total. The Bertz CT molecular complexity index is 551. The van der Waals surface area contributed by atoms with Crippen LogP contribution in [0.5, 0.6) is 0 Å². The molecule has 7 heteroatoms. The first kappa shape index (κ1) is 13.9. The maximum Gasteiger partial charge on any atom is 0.242 e. The van der Waals surface area contributed by atoms with Crippen LogP contribution >= 0.6 is 11.6 Å². The van der Waals surface area contributed by atoms with E-state index in [4.69, 9.17) is 22.0 Å². The largest absolute Gasteiger partial charge is 0.395 e. The summed E-state index contributed by atoms with van der Waals surface area (Å²) in [6, 6.07) is 5.12. The van der Waals surface area contributed by atoms with Crippen LogP contribution in [0.25, 0.3) is 0 Å². The zero-order valence-corrected chi connectivity index (χ0v) is 10.6. The van der Waals surface area contributed by atoms with Crippen LogP contribution in [-0.2, 0) is 10.0 Å². The highest BCUT2D eigenvalue weighted by Crippen LogP contribution is 2.20. The van der Waals surface area contributed by atoms with Gasteiger partial charge in [-0.15, -0.1) is 0 Å². The van der Waals surface area contributed by atoms with E-state index in [1.807, 2.05) is 0 Å². The van der Waals surface area contributed by atoms with Gasteiger partial charge in [0.25, 0.3) is 0 Å². The highest BCUT2D eigenvalue weighted by atomic mass is 35.5. The average molecular weight is 275 g/mol. The number of aliphatic hydroxyl groups excluding tert-OH is 1. The van der Waals surface area contributed by atoms with Gasteiger partial charge in [-0.1, -0.05) is 11.6 Å². The molecule has 0 fully saturated rings. The van der Waals surface area contributed by atoms with Crippen molar-refractivity contribution in [2.45, 2.75) is 17.9 Å². The lowest BCUT2D eigenvalue weighted by atomic mass is 10.2. The molecule has 0 heterocycles. The van der Waals surface area contributed by atoms with Gasteiger partial charge in [0.05, 0.1) is 12.2 Å². The van der Waals surface area contributed by atoms with Crippen molar-refractivity contribution in [3.05, 3.63) is 28.8 Å². The van der Waals surface area contributed by atoms with Crippen molar-refractivity contribution >= 4 is 21.6 Å². The zero-order chi connectivity index (χ0) is 13.1. The van der Waals surface area contributed by atoms with E-state index in [9.17, 15) is 8.42 Å². The first-order chi connectivity index (χ1) is 7.90. The highest BCUT2D eigenvalue weighted by Gasteiger charge is 2.21. The van der Waals surface area contributed by atoms with Gasteiger partial charge in [-0.2, -0.15) is 5.26 Å². The van der Waals surface area contributed by atoms with E-state index in [0.717, 1.165) is 0 Å². The van der Waals surface area contributed by atoms with Crippen LogP contribution in [0.15, 0.2) is 23.1 Å². The van der Waals surface area contributed by atoms with Crippen molar-refractivity contribution in [1.29, 1.82) is 5.26 Å². The zero-order valence-electron chi connectivity index (χ0n) is 9.01. The molecule has 0 saturated heterocycles. The van der Waals surface area contributed by atoms with E-state index in [0.29, 0.717) is 0 Å². The number of sulfonamides is 1. The van der Waals surface area contributed by atoms with E-state index < -0.39 is 16.1 Å². The van der Waals surface area contributed by atoms with E-state index in [-0.39, 0.29) is 22.1 Å². The molecule has 1 rings (SSSR count). The summed E-state index contributed by atoms with van der Waals surface area (Å²) in [4.78, 5) is -0.187. The molecular weight excluding hydrogens is 264 g/mol. The molecule has 1 aromatic carbocycles. The number of benzene rings is 1. The Labute approximate surface area is 105 Å². The van der Waals surface area contributed by atoms with Gasteiger partial charge in [0.15, 0.2) is 0 Å². The summed E-state index contributed by atoms with van der Waals surface area (Å²) in [5.74, 6) is 0. The van der Waals surface area contributed by atoms with Crippen molar-refractivity contribution in [3.8, 4) is 6.07 Å². The Morgan fingerprint density at radius 3 is 2.76 bits per heavy atom. The molecule has 17 heavy (non-hydrogen) atoms. The average Bonchev–Trinajstić information content (AvgIpc) is 2.28. The lowest BCUT2D eigenvalue weighted by molar-refractivity contribution is 0.265. The van der Waals surface area contributed by atoms with Crippen LogP contribution < -0.4 is 4.72 Å². The number of hydrogen-bond donors (Lipinski definition) is 2. The van der Waals surface area contributed by atoms with Gasteiger partial charge in [-0.3, -0.25) is 0 Å². The quantitative estimate of drug-likeness (QED) is 0.852. The van der Waals surface area contributed by atoms with Crippen LogP contribution in [0, 0.1) is 11.3 Å². The minimum atomic E-state index is -3.85. The number of rotatable bonds is 4. The van der Waals surface area contributed by atoms with E-state index >= 15 is 0 Å². The van der Waals surface area contributed by atoms with Crippen LogP contribution in [0.3, 0.4) is 0 Å². The molecule has 0 radical (unpaired) electrons. The fraction of sp³-hybridized carbons (Fsp3) is 0.300. The summed E-state index contributed by atoms with van der Waals surface area (Å²) in [5.41, 5.74) is 0.00652. The molecule has 2 N–H and O–H groups in total. The third-order valence-corrected chi connectivity index (χ3v) is 3.85. The summed E-state index contributed by atoms with van der Waals surface area (Å²) in [5, 5.41) is 17.9. The minimum absolute atomic E-state index is 0.00652. The number of aliphatic hydroxyl groups is 1. The van der Waals surface area contributed by atoms with Crippen molar-refractivity contribution in [3.63, 3.8) is 0 Å². The second kappa shape index (κ2) is 5.47. The molecule has 0 aliphatic carbocycles. The molecule has 1 atom stereocenters. The van der Waals surface area contributed by atoms with Crippen LogP contribution in [0.1, 0.15) is 12.5 Å². The summed E-state index contributed by atoms with van der Waals surface area (Å²) >= 11 is 5.70. The van der Waals surface area contributed by atoms with Crippen LogP contribution in [0.4, 0.5) is 0 Å². The topological polar surface area (TPSA) is 90.2 Å². The Balaban J connectivity index is 3.24. The van der Waals surface area contributed by atoms with Crippen molar-refractivity contribution < 1.29 is 13.5 Å². The number of hydrogen-bond acceptors (Lipinski definition) is 4. The van der Waals surface area contributed by atoms with Gasteiger partial charge in [0, 0.05) is 11.1 Å². The molecule has 0 unspecified atom stereocenters. The number of nitrogens with zero attached hydrogens (tertiary/aromatic N) is 1. The minimum Gasteiger partial charge on any atom is -0.395 e. The molecule has 0 aliphatic heterocycles. The molecule has 0 aromatic heterocycles. The molecule has 0 spiro atoms. The number of halogens is 1. The lowest BCUT2D eigenvalue weighted by Crippen LogP contribution is -2.35. The van der Waals surface area contributed by atoms with Crippen molar-refractivity contribution in [2.24, 2.45) is 0 Å². The van der Waals surface area contributed by atoms with Gasteiger partial charge in [0.2, 0.25) is 10.0 Å². The maximum absolute atomic E-state index is 11.9. The van der Waals surface area contributed by atoms with Gasteiger partial charge >= 0.3 is 0 Å². The molecule has 1 aromatic rings. The van der Waals surface area contributed by atoms with Crippen LogP contribution in [-0.4, -0.2) is 26.2 Å². The number of nitrogens with one attached hydrogen (secondary N) is 1.